The van der Waals surface area contributed by atoms with Gasteiger partial charge in [0.15, 0.2) is 5.58 Å². The monoisotopic (exact) mass is 285 g/mol. The number of nitrogens with zero attached hydrogens (tertiary/aromatic N) is 1. The largest absolute Gasteiger partial charge is 0.462 e. The maximum atomic E-state index is 12.8. The lowest BCUT2D eigenvalue weighted by Gasteiger charge is -2.36. The van der Waals surface area contributed by atoms with Crippen LogP contribution >= 0.6 is 0 Å². The molecular formula is C13H14F3N3O. The van der Waals surface area contributed by atoms with Gasteiger partial charge in [-0.3, -0.25) is 0 Å². The van der Waals surface area contributed by atoms with Crippen molar-refractivity contribution in [3.05, 3.63) is 24.5 Å². The second kappa shape index (κ2) is 4.59. The SMILES string of the molecule is Nc1cc(N2CCNC(C(F)(F)F)C2)c2occc2c1. The van der Waals surface area contributed by atoms with Crippen molar-refractivity contribution in [3.63, 3.8) is 0 Å². The number of halogens is 3. The molecule has 0 spiro atoms. The number of fused-ring (bicyclic) bond motifs is 1. The summed E-state index contributed by atoms with van der Waals surface area (Å²) in [6, 6.07) is 3.61. The lowest BCUT2D eigenvalue weighted by Crippen LogP contribution is -2.57. The molecule has 0 saturated carbocycles. The van der Waals surface area contributed by atoms with E-state index >= 15 is 0 Å². The van der Waals surface area contributed by atoms with E-state index in [4.69, 9.17) is 10.2 Å². The number of anilines is 2. The first-order chi connectivity index (χ1) is 9.45. The lowest BCUT2D eigenvalue weighted by atomic mass is 10.1. The highest BCUT2D eigenvalue weighted by atomic mass is 19.4. The maximum absolute atomic E-state index is 12.8. The first kappa shape index (κ1) is 13.1. The van der Waals surface area contributed by atoms with E-state index in [1.54, 1.807) is 23.1 Å². The minimum absolute atomic E-state index is 0.150. The molecule has 3 rings (SSSR count). The van der Waals surface area contributed by atoms with Gasteiger partial charge in [0.05, 0.1) is 12.0 Å². The molecule has 0 radical (unpaired) electrons. The Morgan fingerprint density at radius 3 is 2.90 bits per heavy atom. The third-order valence-corrected chi connectivity index (χ3v) is 3.47. The molecule has 2 heterocycles. The molecule has 7 heteroatoms. The van der Waals surface area contributed by atoms with E-state index in [0.717, 1.165) is 5.39 Å². The summed E-state index contributed by atoms with van der Waals surface area (Å²) in [7, 11) is 0. The summed E-state index contributed by atoms with van der Waals surface area (Å²) < 4.78 is 43.9. The zero-order chi connectivity index (χ0) is 14.3. The summed E-state index contributed by atoms with van der Waals surface area (Å²) in [5.74, 6) is 0. The minimum Gasteiger partial charge on any atom is -0.462 e. The van der Waals surface area contributed by atoms with Gasteiger partial charge >= 0.3 is 6.18 Å². The summed E-state index contributed by atoms with van der Waals surface area (Å²) >= 11 is 0. The van der Waals surface area contributed by atoms with Gasteiger partial charge in [-0.05, 0) is 18.2 Å². The zero-order valence-corrected chi connectivity index (χ0v) is 10.6. The first-order valence-electron chi connectivity index (χ1n) is 6.27. The van der Waals surface area contributed by atoms with Gasteiger partial charge in [0.25, 0.3) is 0 Å². The quantitative estimate of drug-likeness (QED) is 0.790. The van der Waals surface area contributed by atoms with E-state index < -0.39 is 12.2 Å². The van der Waals surface area contributed by atoms with Crippen molar-refractivity contribution < 1.29 is 17.6 Å². The summed E-state index contributed by atoms with van der Waals surface area (Å²) in [6.07, 6.45) is -2.75. The Morgan fingerprint density at radius 2 is 2.15 bits per heavy atom. The molecule has 1 fully saturated rings. The number of furan rings is 1. The molecule has 1 atom stereocenters. The fourth-order valence-corrected chi connectivity index (χ4v) is 2.51. The predicted molar refractivity (Wildman–Crippen MR) is 70.7 cm³/mol. The molecule has 3 N–H and O–H groups in total. The average molecular weight is 285 g/mol. The summed E-state index contributed by atoms with van der Waals surface area (Å²) in [5.41, 5.74) is 7.50. The van der Waals surface area contributed by atoms with Crippen LogP contribution in [0.2, 0.25) is 0 Å². The van der Waals surface area contributed by atoms with Crippen molar-refractivity contribution >= 4 is 22.3 Å². The smallest absolute Gasteiger partial charge is 0.405 e. The van der Waals surface area contributed by atoms with Gasteiger partial charge < -0.3 is 20.4 Å². The van der Waals surface area contributed by atoms with E-state index in [-0.39, 0.29) is 13.1 Å². The molecule has 0 aliphatic carbocycles. The van der Waals surface area contributed by atoms with Crippen molar-refractivity contribution in [2.45, 2.75) is 12.2 Å². The third-order valence-electron chi connectivity index (χ3n) is 3.47. The molecule has 1 unspecified atom stereocenters. The first-order valence-corrected chi connectivity index (χ1v) is 6.27. The van der Waals surface area contributed by atoms with Gasteiger partial charge in [-0.15, -0.1) is 0 Å². The van der Waals surface area contributed by atoms with Gasteiger partial charge in [0.2, 0.25) is 0 Å². The molecule has 108 valence electrons. The van der Waals surface area contributed by atoms with Crippen LogP contribution in [0.25, 0.3) is 11.0 Å². The average Bonchev–Trinajstić information content (AvgIpc) is 2.85. The molecule has 0 amide bonds. The van der Waals surface area contributed by atoms with Gasteiger partial charge in [0, 0.05) is 30.7 Å². The van der Waals surface area contributed by atoms with Crippen molar-refractivity contribution in [1.29, 1.82) is 0 Å². The van der Waals surface area contributed by atoms with Crippen LogP contribution in [0, 0.1) is 0 Å². The fourth-order valence-electron chi connectivity index (χ4n) is 2.51. The number of hydrogen-bond acceptors (Lipinski definition) is 4. The molecule has 1 aliphatic heterocycles. The van der Waals surface area contributed by atoms with Crippen molar-refractivity contribution in [3.8, 4) is 0 Å². The topological polar surface area (TPSA) is 54.4 Å². The summed E-state index contributed by atoms with van der Waals surface area (Å²) in [6.45, 7) is 0.593. The number of rotatable bonds is 1. The lowest BCUT2D eigenvalue weighted by molar-refractivity contribution is -0.155. The molecule has 2 aromatic rings. The van der Waals surface area contributed by atoms with Crippen LogP contribution in [0.1, 0.15) is 0 Å². The highest BCUT2D eigenvalue weighted by molar-refractivity contribution is 5.92. The molecule has 1 aromatic heterocycles. The normalized spacial score (nSPS) is 20.6. The Bertz CT molecular complexity index is 623. The maximum Gasteiger partial charge on any atom is 0.405 e. The van der Waals surface area contributed by atoms with Crippen LogP contribution in [-0.4, -0.2) is 31.9 Å². The number of nitrogens with one attached hydrogen (secondary N) is 1. The predicted octanol–water partition coefficient (Wildman–Crippen LogP) is 2.36. The molecule has 0 bridgehead atoms. The highest BCUT2D eigenvalue weighted by Gasteiger charge is 2.42. The van der Waals surface area contributed by atoms with Crippen LogP contribution in [-0.2, 0) is 0 Å². The highest BCUT2D eigenvalue weighted by Crippen LogP contribution is 2.33. The molecule has 4 nitrogen and oxygen atoms in total. The van der Waals surface area contributed by atoms with E-state index in [9.17, 15) is 13.2 Å². The van der Waals surface area contributed by atoms with Crippen molar-refractivity contribution in [2.75, 3.05) is 30.3 Å². The number of piperazine rings is 1. The Labute approximate surface area is 113 Å². The van der Waals surface area contributed by atoms with E-state index in [1.807, 2.05) is 0 Å². The molecule has 20 heavy (non-hydrogen) atoms. The van der Waals surface area contributed by atoms with Crippen molar-refractivity contribution in [2.24, 2.45) is 0 Å². The van der Waals surface area contributed by atoms with Gasteiger partial charge in [0.1, 0.15) is 6.04 Å². The van der Waals surface area contributed by atoms with Crippen LogP contribution in [0.5, 0.6) is 0 Å². The Morgan fingerprint density at radius 1 is 1.35 bits per heavy atom. The second-order valence-corrected chi connectivity index (χ2v) is 4.87. The fraction of sp³-hybridized carbons (Fsp3) is 0.385. The number of nitrogen functional groups attached to an aromatic ring is 1. The van der Waals surface area contributed by atoms with Crippen LogP contribution in [0.3, 0.4) is 0 Å². The van der Waals surface area contributed by atoms with Crippen LogP contribution in [0.4, 0.5) is 24.5 Å². The van der Waals surface area contributed by atoms with Crippen LogP contribution in [0.15, 0.2) is 28.9 Å². The van der Waals surface area contributed by atoms with E-state index in [1.165, 1.54) is 6.26 Å². The Kier molecular flexibility index (Phi) is 3.01. The molecular weight excluding hydrogens is 271 g/mol. The second-order valence-electron chi connectivity index (χ2n) is 4.87. The Hall–Kier alpha value is -1.89. The Balaban J connectivity index is 1.96. The molecule has 1 aliphatic rings. The summed E-state index contributed by atoms with van der Waals surface area (Å²) in [4.78, 5) is 1.66. The molecule has 1 aromatic carbocycles. The van der Waals surface area contributed by atoms with Gasteiger partial charge in [-0.25, -0.2) is 0 Å². The standard InChI is InChI=1S/C13H14F3N3O/c14-13(15,16)11-7-19(3-2-18-11)10-6-9(17)5-8-1-4-20-12(8)10/h1,4-6,11,18H,2-3,7,17H2. The van der Waals surface area contributed by atoms with Gasteiger partial charge in [-0.2, -0.15) is 13.2 Å². The van der Waals surface area contributed by atoms with Gasteiger partial charge in [-0.1, -0.05) is 0 Å². The number of alkyl halides is 3. The third kappa shape index (κ3) is 2.29. The number of nitrogens with two attached hydrogens (primary N) is 1. The number of hydrogen-bond donors (Lipinski definition) is 2. The van der Waals surface area contributed by atoms with Crippen LogP contribution < -0.4 is 16.0 Å². The summed E-state index contributed by atoms with van der Waals surface area (Å²) in [5, 5.41) is 3.28. The van der Waals surface area contributed by atoms with Crippen molar-refractivity contribution in [1.82, 2.24) is 5.32 Å². The molecule has 1 saturated heterocycles. The number of benzene rings is 1. The van der Waals surface area contributed by atoms with E-state index in [0.29, 0.717) is 23.5 Å². The minimum atomic E-state index is -4.26. The zero-order valence-electron chi connectivity index (χ0n) is 10.6. The van der Waals surface area contributed by atoms with E-state index in [2.05, 4.69) is 5.32 Å².